The number of hydrogen-bond acceptors (Lipinski definition) is 2. The highest BCUT2D eigenvalue weighted by molar-refractivity contribution is 5.85. The molecular formula is C7H13ClF3NO. The fourth-order valence-electron chi connectivity index (χ4n) is 1.27. The summed E-state index contributed by atoms with van der Waals surface area (Å²) in [5, 5.41) is 2.69. The predicted octanol–water partition coefficient (Wildman–Crippen LogP) is 1.74. The summed E-state index contributed by atoms with van der Waals surface area (Å²) in [5.74, 6) is 0. The summed E-state index contributed by atoms with van der Waals surface area (Å²) >= 11 is 0. The van der Waals surface area contributed by atoms with Gasteiger partial charge in [0.05, 0.1) is 6.61 Å². The molecule has 1 aliphatic rings. The lowest BCUT2D eigenvalue weighted by Crippen LogP contribution is -2.58. The lowest BCUT2D eigenvalue weighted by molar-refractivity contribution is -0.284. The Kier molecular flexibility index (Phi) is 4.48. The van der Waals surface area contributed by atoms with Crippen LogP contribution in [-0.2, 0) is 4.74 Å². The quantitative estimate of drug-likeness (QED) is 0.726. The van der Waals surface area contributed by atoms with Crippen LogP contribution in [0.4, 0.5) is 13.2 Å². The number of ether oxygens (including phenoxy) is 1. The van der Waals surface area contributed by atoms with Crippen LogP contribution in [-0.4, -0.2) is 31.5 Å². The Balaban J connectivity index is 0.00000144. The van der Waals surface area contributed by atoms with Gasteiger partial charge in [0.25, 0.3) is 0 Å². The third-order valence-corrected chi connectivity index (χ3v) is 2.16. The van der Waals surface area contributed by atoms with Crippen molar-refractivity contribution in [3.05, 3.63) is 0 Å². The minimum absolute atomic E-state index is 0. The van der Waals surface area contributed by atoms with Gasteiger partial charge in [-0.1, -0.05) is 6.92 Å². The largest absolute Gasteiger partial charge is 0.418 e. The lowest BCUT2D eigenvalue weighted by Gasteiger charge is -2.38. The van der Waals surface area contributed by atoms with E-state index in [-0.39, 0.29) is 32.0 Å². The SMILES string of the molecule is CCC1(C(F)(F)F)CNCCO1.Cl. The summed E-state index contributed by atoms with van der Waals surface area (Å²) in [5.41, 5.74) is -1.95. The van der Waals surface area contributed by atoms with Crippen molar-refractivity contribution in [1.82, 2.24) is 5.32 Å². The van der Waals surface area contributed by atoms with Gasteiger partial charge in [0.1, 0.15) is 0 Å². The monoisotopic (exact) mass is 219 g/mol. The van der Waals surface area contributed by atoms with E-state index in [4.69, 9.17) is 4.74 Å². The number of nitrogens with one attached hydrogen (secondary N) is 1. The highest BCUT2D eigenvalue weighted by Gasteiger charge is 2.55. The second-order valence-electron chi connectivity index (χ2n) is 2.87. The molecule has 1 N–H and O–H groups in total. The van der Waals surface area contributed by atoms with E-state index in [1.54, 1.807) is 0 Å². The number of alkyl halides is 3. The Morgan fingerprint density at radius 3 is 2.31 bits per heavy atom. The summed E-state index contributed by atoms with van der Waals surface area (Å²) in [6.45, 7) is 1.98. The summed E-state index contributed by atoms with van der Waals surface area (Å²) in [6, 6.07) is 0. The number of morpholine rings is 1. The number of hydrogen-bond donors (Lipinski definition) is 1. The van der Waals surface area contributed by atoms with Gasteiger partial charge in [-0.05, 0) is 6.42 Å². The number of halogens is 4. The molecule has 0 bridgehead atoms. The zero-order valence-electron chi connectivity index (χ0n) is 7.28. The smallest absolute Gasteiger partial charge is 0.363 e. The molecule has 1 unspecified atom stereocenters. The first kappa shape index (κ1) is 13.0. The first-order chi connectivity index (χ1) is 5.52. The van der Waals surface area contributed by atoms with Crippen LogP contribution in [0.1, 0.15) is 13.3 Å². The maximum Gasteiger partial charge on any atom is 0.418 e. The van der Waals surface area contributed by atoms with E-state index < -0.39 is 11.8 Å². The van der Waals surface area contributed by atoms with Crippen LogP contribution in [0.5, 0.6) is 0 Å². The second kappa shape index (κ2) is 4.48. The molecule has 0 aromatic carbocycles. The first-order valence-electron chi connectivity index (χ1n) is 3.93. The van der Waals surface area contributed by atoms with Gasteiger partial charge >= 0.3 is 6.18 Å². The van der Waals surface area contributed by atoms with Crippen molar-refractivity contribution >= 4 is 12.4 Å². The van der Waals surface area contributed by atoms with Gasteiger partial charge in [0.15, 0.2) is 5.60 Å². The highest BCUT2D eigenvalue weighted by Crippen LogP contribution is 2.36. The molecule has 1 aliphatic heterocycles. The van der Waals surface area contributed by atoms with E-state index in [2.05, 4.69) is 5.32 Å². The zero-order valence-corrected chi connectivity index (χ0v) is 8.10. The van der Waals surface area contributed by atoms with E-state index in [0.29, 0.717) is 6.54 Å². The molecule has 0 radical (unpaired) electrons. The van der Waals surface area contributed by atoms with Crippen LogP contribution in [0, 0.1) is 0 Å². The van der Waals surface area contributed by atoms with Crippen LogP contribution in [0.3, 0.4) is 0 Å². The molecular weight excluding hydrogens is 207 g/mol. The van der Waals surface area contributed by atoms with Gasteiger partial charge < -0.3 is 10.1 Å². The molecule has 0 aromatic heterocycles. The molecule has 0 amide bonds. The van der Waals surface area contributed by atoms with Crippen molar-refractivity contribution in [2.75, 3.05) is 19.7 Å². The average molecular weight is 220 g/mol. The van der Waals surface area contributed by atoms with Gasteiger partial charge in [-0.2, -0.15) is 13.2 Å². The molecule has 13 heavy (non-hydrogen) atoms. The summed E-state index contributed by atoms with van der Waals surface area (Å²) < 4.78 is 42.1. The van der Waals surface area contributed by atoms with Crippen LogP contribution in [0.15, 0.2) is 0 Å². The summed E-state index contributed by atoms with van der Waals surface area (Å²) in [7, 11) is 0. The average Bonchev–Trinajstić information content (AvgIpc) is 2.04. The van der Waals surface area contributed by atoms with Crippen molar-refractivity contribution in [2.24, 2.45) is 0 Å². The van der Waals surface area contributed by atoms with E-state index in [1.807, 2.05) is 0 Å². The van der Waals surface area contributed by atoms with E-state index in [0.717, 1.165) is 0 Å². The molecule has 0 aromatic rings. The normalized spacial score (nSPS) is 29.5. The van der Waals surface area contributed by atoms with Crippen molar-refractivity contribution in [1.29, 1.82) is 0 Å². The molecule has 1 saturated heterocycles. The minimum atomic E-state index is -4.27. The van der Waals surface area contributed by atoms with E-state index >= 15 is 0 Å². The molecule has 80 valence electrons. The van der Waals surface area contributed by atoms with Crippen molar-refractivity contribution < 1.29 is 17.9 Å². The predicted molar refractivity (Wildman–Crippen MR) is 45.1 cm³/mol. The van der Waals surface area contributed by atoms with E-state index in [9.17, 15) is 13.2 Å². The van der Waals surface area contributed by atoms with Crippen molar-refractivity contribution in [3.8, 4) is 0 Å². The van der Waals surface area contributed by atoms with Crippen molar-refractivity contribution in [3.63, 3.8) is 0 Å². The topological polar surface area (TPSA) is 21.3 Å². The summed E-state index contributed by atoms with van der Waals surface area (Å²) in [4.78, 5) is 0. The fourth-order valence-corrected chi connectivity index (χ4v) is 1.27. The molecule has 0 spiro atoms. The second-order valence-corrected chi connectivity index (χ2v) is 2.87. The van der Waals surface area contributed by atoms with Gasteiger partial charge in [0.2, 0.25) is 0 Å². The lowest BCUT2D eigenvalue weighted by atomic mass is 9.98. The summed E-state index contributed by atoms with van der Waals surface area (Å²) in [6.07, 6.45) is -4.31. The Morgan fingerprint density at radius 2 is 2.08 bits per heavy atom. The standard InChI is InChI=1S/C7H12F3NO.ClH/c1-2-6(7(8,9)10)5-11-3-4-12-6;/h11H,2-5H2,1H3;1H. The van der Waals surface area contributed by atoms with Crippen molar-refractivity contribution in [2.45, 2.75) is 25.1 Å². The zero-order chi connectivity index (χ0) is 9.24. The van der Waals surface area contributed by atoms with Crippen LogP contribution < -0.4 is 5.32 Å². The maximum absolute atomic E-state index is 12.4. The maximum atomic E-state index is 12.4. The van der Waals surface area contributed by atoms with Crippen LogP contribution in [0.25, 0.3) is 0 Å². The molecule has 0 saturated carbocycles. The molecule has 2 nitrogen and oxygen atoms in total. The Hall–Kier alpha value is 0. The van der Waals surface area contributed by atoms with Gasteiger partial charge in [0, 0.05) is 13.1 Å². The van der Waals surface area contributed by atoms with Gasteiger partial charge in [-0.25, -0.2) is 0 Å². The van der Waals surface area contributed by atoms with Gasteiger partial charge in [-0.15, -0.1) is 12.4 Å². The minimum Gasteiger partial charge on any atom is -0.363 e. The molecule has 1 fully saturated rings. The fraction of sp³-hybridized carbons (Fsp3) is 1.00. The third kappa shape index (κ3) is 2.48. The molecule has 1 heterocycles. The highest BCUT2D eigenvalue weighted by atomic mass is 35.5. The Bertz CT molecular complexity index is 156. The number of rotatable bonds is 1. The van der Waals surface area contributed by atoms with Gasteiger partial charge in [-0.3, -0.25) is 0 Å². The first-order valence-corrected chi connectivity index (χ1v) is 3.93. The molecule has 6 heteroatoms. The molecule has 1 atom stereocenters. The Morgan fingerprint density at radius 1 is 1.46 bits per heavy atom. The van der Waals surface area contributed by atoms with Crippen LogP contribution >= 0.6 is 12.4 Å². The van der Waals surface area contributed by atoms with E-state index in [1.165, 1.54) is 6.92 Å². The Labute approximate surface area is 81.2 Å². The molecule has 1 rings (SSSR count). The third-order valence-electron chi connectivity index (χ3n) is 2.16. The molecule has 0 aliphatic carbocycles. The van der Waals surface area contributed by atoms with Crippen LogP contribution in [0.2, 0.25) is 0 Å².